The third kappa shape index (κ3) is 6.05. The summed E-state index contributed by atoms with van der Waals surface area (Å²) < 4.78 is 0. The highest BCUT2D eigenvalue weighted by molar-refractivity contribution is 7.99. The molecule has 1 aromatic rings. The molecule has 0 radical (unpaired) electrons. The lowest BCUT2D eigenvalue weighted by Crippen LogP contribution is -2.41. The Kier molecular flexibility index (Phi) is 8.44. The number of halogens is 1. The van der Waals surface area contributed by atoms with Gasteiger partial charge in [0.05, 0.1) is 6.04 Å². The molecule has 0 bridgehead atoms. The molecule has 1 saturated heterocycles. The molecular weight excluding hydrogens is 334 g/mol. The minimum absolute atomic E-state index is 0. The molecule has 1 fully saturated rings. The predicted octanol–water partition coefficient (Wildman–Crippen LogP) is 1.92. The molecule has 0 aliphatic carbocycles. The molecule has 5 nitrogen and oxygen atoms in total. The van der Waals surface area contributed by atoms with Crippen molar-refractivity contribution < 1.29 is 9.59 Å². The standard InChI is InChI=1S/C16H23N3O2S.ClH/c1-3-11(2)19-15(20)13-6-4-5-12(7-13)8-17-16(21)14-9-22-10-18-14;/h4-7,11,14,18H,3,8-10H2,1-2H3,(H,17,21)(H,19,20);1H. The van der Waals surface area contributed by atoms with Gasteiger partial charge >= 0.3 is 0 Å². The van der Waals surface area contributed by atoms with E-state index in [2.05, 4.69) is 16.0 Å². The number of thioether (sulfide) groups is 1. The Morgan fingerprint density at radius 2 is 2.22 bits per heavy atom. The summed E-state index contributed by atoms with van der Waals surface area (Å²) in [4.78, 5) is 24.1. The quantitative estimate of drug-likeness (QED) is 0.727. The Morgan fingerprint density at radius 1 is 1.43 bits per heavy atom. The van der Waals surface area contributed by atoms with Gasteiger partial charge in [-0.2, -0.15) is 0 Å². The first-order chi connectivity index (χ1) is 10.6. The molecule has 2 amide bonds. The molecule has 7 heteroatoms. The third-order valence-electron chi connectivity index (χ3n) is 3.68. The van der Waals surface area contributed by atoms with Gasteiger partial charge in [0.15, 0.2) is 0 Å². The topological polar surface area (TPSA) is 70.2 Å². The van der Waals surface area contributed by atoms with Crippen LogP contribution in [-0.2, 0) is 11.3 Å². The maximum atomic E-state index is 12.1. The highest BCUT2D eigenvalue weighted by Gasteiger charge is 2.21. The SMILES string of the molecule is CCC(C)NC(=O)c1cccc(CNC(=O)C2CSCN2)c1.Cl. The molecule has 2 rings (SSSR count). The third-order valence-corrected chi connectivity index (χ3v) is 4.62. The number of nitrogens with one attached hydrogen (secondary N) is 3. The van der Waals surface area contributed by atoms with Crippen LogP contribution in [0.15, 0.2) is 24.3 Å². The maximum Gasteiger partial charge on any atom is 0.251 e. The van der Waals surface area contributed by atoms with Gasteiger partial charge in [0.1, 0.15) is 0 Å². The molecule has 1 aliphatic rings. The van der Waals surface area contributed by atoms with Gasteiger partial charge in [-0.15, -0.1) is 24.2 Å². The van der Waals surface area contributed by atoms with Crippen molar-refractivity contribution >= 4 is 36.0 Å². The van der Waals surface area contributed by atoms with E-state index in [1.807, 2.05) is 32.0 Å². The lowest BCUT2D eigenvalue weighted by atomic mass is 10.1. The van der Waals surface area contributed by atoms with Crippen LogP contribution >= 0.6 is 24.2 Å². The first-order valence-electron chi connectivity index (χ1n) is 7.58. The number of rotatable bonds is 6. The van der Waals surface area contributed by atoms with Crippen LogP contribution in [0.1, 0.15) is 36.2 Å². The molecule has 1 heterocycles. The second-order valence-electron chi connectivity index (χ2n) is 5.47. The first-order valence-corrected chi connectivity index (χ1v) is 8.74. The number of carbonyl (C=O) groups excluding carboxylic acids is 2. The van der Waals surface area contributed by atoms with E-state index in [-0.39, 0.29) is 36.3 Å². The van der Waals surface area contributed by atoms with Crippen molar-refractivity contribution in [2.45, 2.75) is 38.9 Å². The van der Waals surface area contributed by atoms with E-state index >= 15 is 0 Å². The highest BCUT2D eigenvalue weighted by Crippen LogP contribution is 2.10. The Hall–Kier alpha value is -1.24. The van der Waals surface area contributed by atoms with Crippen LogP contribution in [0, 0.1) is 0 Å². The summed E-state index contributed by atoms with van der Waals surface area (Å²) in [6.45, 7) is 4.45. The zero-order chi connectivity index (χ0) is 15.9. The van der Waals surface area contributed by atoms with Crippen molar-refractivity contribution in [3.05, 3.63) is 35.4 Å². The zero-order valence-corrected chi connectivity index (χ0v) is 15.1. The van der Waals surface area contributed by atoms with Crippen molar-refractivity contribution in [1.82, 2.24) is 16.0 Å². The van der Waals surface area contributed by atoms with Crippen LogP contribution in [0.4, 0.5) is 0 Å². The van der Waals surface area contributed by atoms with E-state index in [4.69, 9.17) is 0 Å². The molecule has 0 aromatic heterocycles. The largest absolute Gasteiger partial charge is 0.351 e. The van der Waals surface area contributed by atoms with Crippen LogP contribution in [0.25, 0.3) is 0 Å². The summed E-state index contributed by atoms with van der Waals surface area (Å²) in [5.41, 5.74) is 1.55. The molecule has 128 valence electrons. The molecule has 2 atom stereocenters. The Morgan fingerprint density at radius 3 is 2.87 bits per heavy atom. The second-order valence-corrected chi connectivity index (χ2v) is 6.50. The van der Waals surface area contributed by atoms with E-state index < -0.39 is 0 Å². The fourth-order valence-electron chi connectivity index (χ4n) is 2.11. The van der Waals surface area contributed by atoms with Crippen LogP contribution in [0.5, 0.6) is 0 Å². The zero-order valence-electron chi connectivity index (χ0n) is 13.4. The predicted molar refractivity (Wildman–Crippen MR) is 97.0 cm³/mol. The van der Waals surface area contributed by atoms with Gasteiger partial charge in [-0.1, -0.05) is 19.1 Å². The van der Waals surface area contributed by atoms with Crippen LogP contribution in [0.2, 0.25) is 0 Å². The van der Waals surface area contributed by atoms with E-state index in [9.17, 15) is 9.59 Å². The average molecular weight is 358 g/mol. The smallest absolute Gasteiger partial charge is 0.251 e. The van der Waals surface area contributed by atoms with Gasteiger partial charge in [-0.05, 0) is 31.0 Å². The molecule has 0 saturated carbocycles. The Balaban J connectivity index is 0.00000264. The summed E-state index contributed by atoms with van der Waals surface area (Å²) in [6.07, 6.45) is 0.897. The minimum atomic E-state index is -0.109. The monoisotopic (exact) mass is 357 g/mol. The number of benzene rings is 1. The summed E-state index contributed by atoms with van der Waals surface area (Å²) in [7, 11) is 0. The molecule has 0 spiro atoms. The van der Waals surface area contributed by atoms with Crippen LogP contribution in [-0.4, -0.2) is 35.5 Å². The van der Waals surface area contributed by atoms with Crippen molar-refractivity contribution in [1.29, 1.82) is 0 Å². The van der Waals surface area contributed by atoms with E-state index in [1.165, 1.54) is 0 Å². The van der Waals surface area contributed by atoms with Crippen molar-refractivity contribution in [2.75, 3.05) is 11.6 Å². The van der Waals surface area contributed by atoms with E-state index in [0.29, 0.717) is 12.1 Å². The van der Waals surface area contributed by atoms with Crippen molar-refractivity contribution in [3.63, 3.8) is 0 Å². The molecule has 3 N–H and O–H groups in total. The highest BCUT2D eigenvalue weighted by atomic mass is 35.5. The summed E-state index contributed by atoms with van der Waals surface area (Å²) >= 11 is 1.72. The van der Waals surface area contributed by atoms with Gasteiger partial charge in [0.2, 0.25) is 5.91 Å². The normalized spacial score (nSPS) is 17.9. The Labute approximate surface area is 147 Å². The van der Waals surface area contributed by atoms with Gasteiger partial charge in [0.25, 0.3) is 5.91 Å². The average Bonchev–Trinajstić information content (AvgIpc) is 3.07. The van der Waals surface area contributed by atoms with Gasteiger partial charge in [-0.3, -0.25) is 14.9 Å². The number of carbonyl (C=O) groups is 2. The second kappa shape index (κ2) is 9.80. The molecule has 1 aliphatic heterocycles. The summed E-state index contributed by atoms with van der Waals surface area (Å²) in [5.74, 6) is 1.57. The van der Waals surface area contributed by atoms with Crippen molar-refractivity contribution in [3.8, 4) is 0 Å². The van der Waals surface area contributed by atoms with Crippen LogP contribution < -0.4 is 16.0 Å². The van der Waals surface area contributed by atoms with E-state index in [1.54, 1.807) is 17.8 Å². The Bertz CT molecular complexity index is 536. The lowest BCUT2D eigenvalue weighted by molar-refractivity contribution is -0.122. The minimum Gasteiger partial charge on any atom is -0.351 e. The van der Waals surface area contributed by atoms with Gasteiger partial charge in [-0.25, -0.2) is 0 Å². The molecule has 2 unspecified atom stereocenters. The van der Waals surface area contributed by atoms with Crippen molar-refractivity contribution in [2.24, 2.45) is 0 Å². The van der Waals surface area contributed by atoms with Crippen LogP contribution in [0.3, 0.4) is 0 Å². The summed E-state index contributed by atoms with van der Waals surface area (Å²) in [5, 5.41) is 8.99. The fourth-order valence-corrected chi connectivity index (χ4v) is 3.05. The number of hydrogen-bond donors (Lipinski definition) is 3. The molecular formula is C16H24ClN3O2S. The number of hydrogen-bond acceptors (Lipinski definition) is 4. The lowest BCUT2D eigenvalue weighted by Gasteiger charge is -2.13. The van der Waals surface area contributed by atoms with Gasteiger partial charge in [0, 0.05) is 29.8 Å². The fraction of sp³-hybridized carbons (Fsp3) is 0.500. The molecule has 23 heavy (non-hydrogen) atoms. The first kappa shape index (κ1) is 19.8. The molecule has 1 aromatic carbocycles. The summed E-state index contributed by atoms with van der Waals surface area (Å²) in [6, 6.07) is 7.42. The van der Waals surface area contributed by atoms with E-state index in [0.717, 1.165) is 23.6 Å². The number of amides is 2. The maximum absolute atomic E-state index is 12.1. The van der Waals surface area contributed by atoms with Gasteiger partial charge < -0.3 is 10.6 Å².